The van der Waals surface area contributed by atoms with Crippen LogP contribution in [-0.4, -0.2) is 5.91 Å². The van der Waals surface area contributed by atoms with Gasteiger partial charge in [0.1, 0.15) is 5.82 Å². The van der Waals surface area contributed by atoms with Crippen molar-refractivity contribution in [2.75, 3.05) is 0 Å². The Hall–Kier alpha value is -1.81. The van der Waals surface area contributed by atoms with E-state index in [4.69, 9.17) is 0 Å². The molecule has 2 aromatic carbocycles. The monoisotopic (exact) mass is 303 g/mol. The third-order valence-corrected chi connectivity index (χ3v) is 3.67. The molecule has 0 radical (unpaired) electrons. The molecule has 0 aliphatic carbocycles. The van der Waals surface area contributed by atoms with Gasteiger partial charge in [0.05, 0.1) is 12.5 Å². The number of amides is 1. The van der Waals surface area contributed by atoms with E-state index < -0.39 is 0 Å². The molecule has 0 aliphatic heterocycles. The standard InChI is InChI=1S/C17H18FNOS/c1-11-3-6-14(10-16(11)18)12(2)19-17(20)9-13-4-7-15(21)8-5-13/h3-8,10,12,21H,9H2,1-2H3,(H,19,20). The van der Waals surface area contributed by atoms with Crippen molar-refractivity contribution >= 4 is 18.5 Å². The quantitative estimate of drug-likeness (QED) is 0.826. The fourth-order valence-corrected chi connectivity index (χ4v) is 2.20. The van der Waals surface area contributed by atoms with Crippen LogP contribution < -0.4 is 5.32 Å². The molecule has 0 aromatic heterocycles. The molecular formula is C17H18FNOS. The van der Waals surface area contributed by atoms with Gasteiger partial charge in [0.25, 0.3) is 0 Å². The maximum atomic E-state index is 13.5. The van der Waals surface area contributed by atoms with Gasteiger partial charge in [-0.15, -0.1) is 12.6 Å². The SMILES string of the molecule is Cc1ccc(C(C)NC(=O)Cc2ccc(S)cc2)cc1F. The number of thiol groups is 1. The summed E-state index contributed by atoms with van der Waals surface area (Å²) >= 11 is 4.21. The minimum atomic E-state index is -0.252. The van der Waals surface area contributed by atoms with Crippen LogP contribution in [0.15, 0.2) is 47.4 Å². The Morgan fingerprint density at radius 3 is 2.52 bits per heavy atom. The Bertz CT molecular complexity index is 640. The molecular weight excluding hydrogens is 285 g/mol. The Kier molecular flexibility index (Phi) is 5.02. The van der Waals surface area contributed by atoms with Gasteiger partial charge in [-0.2, -0.15) is 0 Å². The highest BCUT2D eigenvalue weighted by Crippen LogP contribution is 2.16. The first-order valence-electron chi connectivity index (χ1n) is 6.79. The zero-order valence-corrected chi connectivity index (χ0v) is 13.0. The highest BCUT2D eigenvalue weighted by molar-refractivity contribution is 7.80. The number of carbonyl (C=O) groups is 1. The molecule has 0 aliphatic rings. The third kappa shape index (κ3) is 4.33. The molecule has 1 unspecified atom stereocenters. The molecule has 0 spiro atoms. The molecule has 0 heterocycles. The van der Waals surface area contributed by atoms with Crippen molar-refractivity contribution < 1.29 is 9.18 Å². The van der Waals surface area contributed by atoms with Gasteiger partial charge < -0.3 is 5.32 Å². The van der Waals surface area contributed by atoms with Crippen LogP contribution in [0, 0.1) is 12.7 Å². The summed E-state index contributed by atoms with van der Waals surface area (Å²) in [7, 11) is 0. The van der Waals surface area contributed by atoms with Gasteiger partial charge in [-0.25, -0.2) is 4.39 Å². The Morgan fingerprint density at radius 1 is 1.24 bits per heavy atom. The molecule has 2 nitrogen and oxygen atoms in total. The van der Waals surface area contributed by atoms with E-state index in [0.29, 0.717) is 12.0 Å². The highest BCUT2D eigenvalue weighted by atomic mass is 32.1. The molecule has 1 amide bonds. The van der Waals surface area contributed by atoms with Crippen molar-refractivity contribution in [2.24, 2.45) is 0 Å². The topological polar surface area (TPSA) is 29.1 Å². The molecule has 0 saturated carbocycles. The maximum absolute atomic E-state index is 13.5. The lowest BCUT2D eigenvalue weighted by atomic mass is 10.1. The maximum Gasteiger partial charge on any atom is 0.224 e. The summed E-state index contributed by atoms with van der Waals surface area (Å²) in [4.78, 5) is 12.9. The molecule has 21 heavy (non-hydrogen) atoms. The molecule has 110 valence electrons. The average Bonchev–Trinajstić information content (AvgIpc) is 2.44. The fraction of sp³-hybridized carbons (Fsp3) is 0.235. The third-order valence-electron chi connectivity index (χ3n) is 3.37. The van der Waals surface area contributed by atoms with E-state index in [1.807, 2.05) is 37.3 Å². The van der Waals surface area contributed by atoms with Gasteiger partial charge in [0.15, 0.2) is 0 Å². The van der Waals surface area contributed by atoms with Crippen molar-refractivity contribution in [1.82, 2.24) is 5.32 Å². The van der Waals surface area contributed by atoms with Crippen LogP contribution >= 0.6 is 12.6 Å². The van der Waals surface area contributed by atoms with Crippen molar-refractivity contribution in [3.8, 4) is 0 Å². The summed E-state index contributed by atoms with van der Waals surface area (Å²) in [6.45, 7) is 3.56. The highest BCUT2D eigenvalue weighted by Gasteiger charge is 2.11. The normalized spacial score (nSPS) is 12.0. The molecule has 2 rings (SSSR count). The Labute approximate surface area is 129 Å². The van der Waals surface area contributed by atoms with Crippen LogP contribution in [0.5, 0.6) is 0 Å². The van der Waals surface area contributed by atoms with E-state index in [-0.39, 0.29) is 17.8 Å². The molecule has 0 bridgehead atoms. The lowest BCUT2D eigenvalue weighted by molar-refractivity contribution is -0.121. The van der Waals surface area contributed by atoms with Crippen LogP contribution in [0.25, 0.3) is 0 Å². The summed E-state index contributed by atoms with van der Waals surface area (Å²) in [5.41, 5.74) is 2.29. The van der Waals surface area contributed by atoms with Crippen molar-refractivity contribution in [2.45, 2.75) is 31.2 Å². The number of nitrogens with one attached hydrogen (secondary N) is 1. The van der Waals surface area contributed by atoms with Gasteiger partial charge in [-0.3, -0.25) is 4.79 Å². The summed E-state index contributed by atoms with van der Waals surface area (Å²) < 4.78 is 13.5. The van der Waals surface area contributed by atoms with Crippen molar-refractivity contribution in [3.05, 3.63) is 65.0 Å². The minimum Gasteiger partial charge on any atom is -0.349 e. The zero-order chi connectivity index (χ0) is 15.4. The molecule has 4 heteroatoms. The van der Waals surface area contributed by atoms with Gasteiger partial charge in [-0.05, 0) is 48.7 Å². The van der Waals surface area contributed by atoms with E-state index in [2.05, 4.69) is 17.9 Å². The zero-order valence-electron chi connectivity index (χ0n) is 12.1. The van der Waals surface area contributed by atoms with Gasteiger partial charge in [0, 0.05) is 4.90 Å². The smallest absolute Gasteiger partial charge is 0.224 e. The second-order valence-corrected chi connectivity index (χ2v) is 5.66. The first kappa shape index (κ1) is 15.6. The minimum absolute atomic E-state index is 0.0876. The van der Waals surface area contributed by atoms with Crippen molar-refractivity contribution in [1.29, 1.82) is 0 Å². The van der Waals surface area contributed by atoms with Crippen molar-refractivity contribution in [3.63, 3.8) is 0 Å². The number of benzene rings is 2. The second kappa shape index (κ2) is 6.76. The lowest BCUT2D eigenvalue weighted by Gasteiger charge is -2.15. The van der Waals surface area contributed by atoms with Crippen LogP contribution in [0.1, 0.15) is 29.7 Å². The van der Waals surface area contributed by atoms with E-state index in [1.165, 1.54) is 6.07 Å². The van der Waals surface area contributed by atoms with Crippen LogP contribution in [-0.2, 0) is 11.2 Å². The van der Waals surface area contributed by atoms with E-state index >= 15 is 0 Å². The number of aryl methyl sites for hydroxylation is 1. The number of rotatable bonds is 4. The number of carbonyl (C=O) groups excluding carboxylic acids is 1. The molecule has 0 saturated heterocycles. The molecule has 2 aromatic rings. The number of hydrogen-bond donors (Lipinski definition) is 2. The molecule has 0 fully saturated rings. The predicted molar refractivity (Wildman–Crippen MR) is 85.1 cm³/mol. The number of halogens is 1. The Morgan fingerprint density at radius 2 is 1.90 bits per heavy atom. The average molecular weight is 303 g/mol. The second-order valence-electron chi connectivity index (χ2n) is 5.14. The van der Waals surface area contributed by atoms with E-state index in [9.17, 15) is 9.18 Å². The van der Waals surface area contributed by atoms with Crippen LogP contribution in [0.2, 0.25) is 0 Å². The Balaban J connectivity index is 1.98. The molecule has 1 N–H and O–H groups in total. The summed E-state index contributed by atoms with van der Waals surface area (Å²) in [5, 5.41) is 2.88. The summed E-state index contributed by atoms with van der Waals surface area (Å²) in [5.74, 6) is -0.339. The van der Waals surface area contributed by atoms with Gasteiger partial charge >= 0.3 is 0 Å². The van der Waals surface area contributed by atoms with Gasteiger partial charge in [-0.1, -0.05) is 24.3 Å². The molecule has 1 atom stereocenters. The van der Waals surface area contributed by atoms with Crippen LogP contribution in [0.3, 0.4) is 0 Å². The summed E-state index contributed by atoms with van der Waals surface area (Å²) in [6.07, 6.45) is 0.298. The van der Waals surface area contributed by atoms with E-state index in [1.54, 1.807) is 13.0 Å². The fourth-order valence-electron chi connectivity index (χ4n) is 2.05. The lowest BCUT2D eigenvalue weighted by Crippen LogP contribution is -2.28. The number of hydrogen-bond acceptors (Lipinski definition) is 2. The predicted octanol–water partition coefficient (Wildman–Crippen LogP) is 3.84. The van der Waals surface area contributed by atoms with Crippen LogP contribution in [0.4, 0.5) is 4.39 Å². The largest absolute Gasteiger partial charge is 0.349 e. The summed E-state index contributed by atoms with van der Waals surface area (Å²) in [6, 6.07) is 12.2. The first-order chi connectivity index (χ1) is 9.95. The first-order valence-corrected chi connectivity index (χ1v) is 7.24. The van der Waals surface area contributed by atoms with E-state index in [0.717, 1.165) is 16.0 Å². The van der Waals surface area contributed by atoms with Gasteiger partial charge in [0.2, 0.25) is 5.91 Å².